The molecule has 0 bridgehead atoms. The third-order valence-corrected chi connectivity index (χ3v) is 3.39. The van der Waals surface area contributed by atoms with Crippen LogP contribution in [0, 0.1) is 17.0 Å². The van der Waals surface area contributed by atoms with Crippen LogP contribution in [-0.4, -0.2) is 17.2 Å². The van der Waals surface area contributed by atoms with Gasteiger partial charge in [-0.05, 0) is 37.3 Å². The van der Waals surface area contributed by atoms with Crippen LogP contribution in [0.5, 0.6) is 5.75 Å². The third-order valence-electron chi connectivity index (χ3n) is 3.07. The van der Waals surface area contributed by atoms with Crippen LogP contribution in [-0.2, 0) is 0 Å². The number of amides is 1. The monoisotopic (exact) mass is 404 g/mol. The molecule has 0 saturated carbocycles. The van der Waals surface area contributed by atoms with Crippen molar-refractivity contribution in [3.8, 4) is 5.75 Å². The lowest BCUT2D eigenvalue weighted by atomic mass is 10.1. The van der Waals surface area contributed by atoms with Gasteiger partial charge in [-0.1, -0.05) is 25.4 Å². The van der Waals surface area contributed by atoms with E-state index in [1.54, 1.807) is 0 Å². The highest BCUT2D eigenvalue weighted by atomic mass is 35.5. The van der Waals surface area contributed by atoms with Crippen LogP contribution in [0.3, 0.4) is 0 Å². The lowest BCUT2D eigenvalue weighted by molar-refractivity contribution is -0.385. The van der Waals surface area contributed by atoms with Gasteiger partial charge in [0, 0.05) is 17.3 Å². The van der Waals surface area contributed by atoms with Crippen LogP contribution in [0.25, 0.3) is 0 Å². The van der Waals surface area contributed by atoms with Gasteiger partial charge in [-0.3, -0.25) is 14.9 Å². The van der Waals surface area contributed by atoms with Crippen molar-refractivity contribution in [2.45, 2.75) is 27.1 Å². The van der Waals surface area contributed by atoms with Crippen molar-refractivity contribution in [2.75, 3.05) is 5.32 Å². The molecule has 0 spiro atoms. The van der Waals surface area contributed by atoms with Gasteiger partial charge in [0.25, 0.3) is 11.6 Å². The molecule has 146 valence electrons. The Morgan fingerprint density at radius 3 is 2.22 bits per heavy atom. The fraction of sp³-hybridized carbons (Fsp3) is 0.235. The zero-order valence-corrected chi connectivity index (χ0v) is 15.3. The van der Waals surface area contributed by atoms with E-state index in [4.69, 9.17) is 11.6 Å². The van der Waals surface area contributed by atoms with E-state index in [0.717, 1.165) is 18.2 Å². The molecule has 1 N–H and O–H groups in total. The molecule has 0 atom stereocenters. The van der Waals surface area contributed by atoms with E-state index in [-0.39, 0.29) is 22.0 Å². The number of nitro groups is 1. The minimum absolute atomic E-state index is 0.0117. The number of anilines is 1. The van der Waals surface area contributed by atoms with Crippen LogP contribution in [0.15, 0.2) is 36.4 Å². The second kappa shape index (κ2) is 9.22. The number of halogens is 4. The first-order valence-corrected chi connectivity index (χ1v) is 8.06. The Kier molecular flexibility index (Phi) is 7.59. The molecule has 0 saturated heterocycles. The normalized spacial score (nSPS) is 10.5. The number of alkyl halides is 3. The minimum atomic E-state index is -4.82. The number of carbonyl (C=O) groups is 1. The lowest BCUT2D eigenvalue weighted by Crippen LogP contribution is -2.17. The molecule has 0 aliphatic carbocycles. The summed E-state index contributed by atoms with van der Waals surface area (Å²) in [6, 6.07) is 6.73. The summed E-state index contributed by atoms with van der Waals surface area (Å²) >= 11 is 5.94. The Morgan fingerprint density at radius 1 is 1.19 bits per heavy atom. The van der Waals surface area contributed by atoms with Crippen molar-refractivity contribution in [3.05, 3.63) is 62.7 Å². The van der Waals surface area contributed by atoms with E-state index in [2.05, 4.69) is 10.1 Å². The maximum atomic E-state index is 12.2. The highest BCUT2D eigenvalue weighted by Gasteiger charge is 2.31. The van der Waals surface area contributed by atoms with Gasteiger partial charge in [-0.15, -0.1) is 13.2 Å². The summed E-state index contributed by atoms with van der Waals surface area (Å²) in [5.74, 6) is -1.19. The molecule has 2 aromatic carbocycles. The van der Waals surface area contributed by atoms with Crippen LogP contribution in [0.4, 0.5) is 24.5 Å². The summed E-state index contributed by atoms with van der Waals surface area (Å²) in [6.45, 7) is 5.48. The van der Waals surface area contributed by atoms with Crippen LogP contribution in [0.1, 0.15) is 29.8 Å². The number of hydrogen-bond acceptors (Lipinski definition) is 4. The summed E-state index contributed by atoms with van der Waals surface area (Å²) in [5, 5.41) is 13.3. The molecule has 1 amide bonds. The smallest absolute Gasteiger partial charge is 0.406 e. The molecule has 0 fully saturated rings. The van der Waals surface area contributed by atoms with Gasteiger partial charge in [0.1, 0.15) is 5.75 Å². The van der Waals surface area contributed by atoms with Crippen molar-refractivity contribution in [1.29, 1.82) is 0 Å². The molecule has 0 radical (unpaired) electrons. The van der Waals surface area contributed by atoms with E-state index in [0.29, 0.717) is 5.56 Å². The predicted octanol–water partition coefficient (Wildman–Crippen LogP) is 5.73. The zero-order chi connectivity index (χ0) is 20.8. The highest BCUT2D eigenvalue weighted by molar-refractivity contribution is 6.34. The number of rotatable bonds is 4. The van der Waals surface area contributed by atoms with Crippen molar-refractivity contribution in [3.63, 3.8) is 0 Å². The molecule has 10 heteroatoms. The fourth-order valence-electron chi connectivity index (χ4n) is 1.97. The summed E-state index contributed by atoms with van der Waals surface area (Å²) in [7, 11) is 0. The molecular formula is C17H16ClF3N2O4. The van der Waals surface area contributed by atoms with Gasteiger partial charge >= 0.3 is 6.36 Å². The van der Waals surface area contributed by atoms with E-state index in [9.17, 15) is 28.1 Å². The maximum absolute atomic E-state index is 12.2. The Bertz CT molecular complexity index is 824. The quantitative estimate of drug-likeness (QED) is 0.521. The van der Waals surface area contributed by atoms with Crippen molar-refractivity contribution < 1.29 is 27.6 Å². The molecule has 0 aliphatic heterocycles. The number of aryl methyl sites for hydroxylation is 1. The number of ether oxygens (including phenoxy) is 1. The van der Waals surface area contributed by atoms with Crippen molar-refractivity contribution >= 4 is 28.9 Å². The Balaban J connectivity index is 0.00000176. The SMILES string of the molecule is CC.Cc1cc(Cl)c(C(=O)Nc2ccc(OC(F)(F)F)cc2)cc1[N+](=O)[O-]. The number of carbonyl (C=O) groups excluding carboxylic acids is 1. The Hall–Kier alpha value is -2.81. The average molecular weight is 405 g/mol. The molecule has 6 nitrogen and oxygen atoms in total. The standard InChI is InChI=1S/C15H10ClF3N2O4.C2H6/c1-8-6-12(16)11(7-13(8)21(23)24)14(22)20-9-2-4-10(5-3-9)25-15(17,18)19;1-2/h2-7H,1H3,(H,20,22);1-2H3. The molecule has 0 aromatic heterocycles. The molecule has 0 aliphatic rings. The molecular weight excluding hydrogens is 389 g/mol. The van der Waals surface area contributed by atoms with Crippen LogP contribution < -0.4 is 10.1 Å². The molecule has 27 heavy (non-hydrogen) atoms. The maximum Gasteiger partial charge on any atom is 0.573 e. The third kappa shape index (κ3) is 6.45. The van der Waals surface area contributed by atoms with E-state index >= 15 is 0 Å². The minimum Gasteiger partial charge on any atom is -0.406 e. The second-order valence-corrected chi connectivity index (χ2v) is 5.31. The van der Waals surface area contributed by atoms with Gasteiger partial charge in [0.05, 0.1) is 15.5 Å². The van der Waals surface area contributed by atoms with Gasteiger partial charge in [-0.2, -0.15) is 0 Å². The van der Waals surface area contributed by atoms with Gasteiger partial charge < -0.3 is 10.1 Å². The van der Waals surface area contributed by atoms with E-state index < -0.39 is 22.9 Å². The van der Waals surface area contributed by atoms with E-state index in [1.807, 2.05) is 13.8 Å². The number of nitrogens with zero attached hydrogens (tertiary/aromatic N) is 1. The summed E-state index contributed by atoms with van der Waals surface area (Å²) in [4.78, 5) is 22.5. The van der Waals surface area contributed by atoms with Crippen molar-refractivity contribution in [2.24, 2.45) is 0 Å². The summed E-state index contributed by atoms with van der Waals surface area (Å²) in [6.07, 6.45) is -4.82. The van der Waals surface area contributed by atoms with Crippen LogP contribution in [0.2, 0.25) is 5.02 Å². The topological polar surface area (TPSA) is 81.5 Å². The predicted molar refractivity (Wildman–Crippen MR) is 95.3 cm³/mol. The Labute approximate surface area is 158 Å². The molecule has 2 aromatic rings. The van der Waals surface area contributed by atoms with Gasteiger partial charge in [0.2, 0.25) is 0 Å². The zero-order valence-electron chi connectivity index (χ0n) is 14.6. The van der Waals surface area contributed by atoms with Gasteiger partial charge in [-0.25, -0.2) is 0 Å². The van der Waals surface area contributed by atoms with Crippen LogP contribution >= 0.6 is 11.6 Å². The molecule has 0 heterocycles. The number of benzene rings is 2. The summed E-state index contributed by atoms with van der Waals surface area (Å²) < 4.78 is 40.0. The van der Waals surface area contributed by atoms with Gasteiger partial charge in [0.15, 0.2) is 0 Å². The number of hydrogen-bond donors (Lipinski definition) is 1. The summed E-state index contributed by atoms with van der Waals surface area (Å²) in [5.41, 5.74) is 0.0529. The molecule has 2 rings (SSSR count). The first-order valence-electron chi connectivity index (χ1n) is 7.68. The first kappa shape index (κ1) is 22.2. The highest BCUT2D eigenvalue weighted by Crippen LogP contribution is 2.28. The number of nitro benzene ring substituents is 1. The second-order valence-electron chi connectivity index (χ2n) is 4.90. The van der Waals surface area contributed by atoms with Crippen molar-refractivity contribution in [1.82, 2.24) is 0 Å². The average Bonchev–Trinajstić information content (AvgIpc) is 2.56. The van der Waals surface area contributed by atoms with E-state index in [1.165, 1.54) is 25.1 Å². The lowest BCUT2D eigenvalue weighted by Gasteiger charge is -2.10. The first-order chi connectivity index (χ1) is 12.6. The number of nitrogens with one attached hydrogen (secondary N) is 1. The fourth-order valence-corrected chi connectivity index (χ4v) is 2.27. The largest absolute Gasteiger partial charge is 0.573 e. The molecule has 0 unspecified atom stereocenters. The Morgan fingerprint density at radius 2 is 1.74 bits per heavy atom.